The maximum atomic E-state index is 12.3. The average molecular weight is 343 g/mol. The van der Waals surface area contributed by atoms with Gasteiger partial charge in [-0.05, 0) is 24.6 Å². The highest BCUT2D eigenvalue weighted by Gasteiger charge is 2.21. The Morgan fingerprint density at radius 3 is 2.87 bits per heavy atom. The molecule has 1 aromatic rings. The van der Waals surface area contributed by atoms with Crippen molar-refractivity contribution in [1.29, 1.82) is 0 Å². The summed E-state index contributed by atoms with van der Waals surface area (Å²) in [6.07, 6.45) is 0.339. The molecule has 1 heterocycles. The molecule has 23 heavy (non-hydrogen) atoms. The van der Waals surface area contributed by atoms with E-state index >= 15 is 0 Å². The molecule has 128 valence electrons. The van der Waals surface area contributed by atoms with Gasteiger partial charge in [0.25, 0.3) is 0 Å². The molecule has 2 amide bonds. The van der Waals surface area contributed by atoms with E-state index in [4.69, 9.17) is 4.74 Å². The summed E-state index contributed by atoms with van der Waals surface area (Å²) >= 11 is 0. The number of hydrogen-bond acceptors (Lipinski definition) is 5. The molecule has 8 nitrogen and oxygen atoms in total. The molecule has 0 radical (unpaired) electrons. The molecule has 0 saturated carbocycles. The van der Waals surface area contributed by atoms with Gasteiger partial charge in [0.2, 0.25) is 10.0 Å². The van der Waals surface area contributed by atoms with E-state index < -0.39 is 16.1 Å². The van der Waals surface area contributed by atoms with Crippen LogP contribution in [-0.2, 0) is 14.8 Å². The van der Waals surface area contributed by atoms with Gasteiger partial charge in [-0.25, -0.2) is 13.2 Å². The first-order valence-corrected chi connectivity index (χ1v) is 9.04. The van der Waals surface area contributed by atoms with E-state index in [1.54, 1.807) is 25.1 Å². The summed E-state index contributed by atoms with van der Waals surface area (Å²) in [4.78, 5) is 13.8. The second kappa shape index (κ2) is 7.16. The molecule has 1 atom stereocenters. The quantitative estimate of drug-likeness (QED) is 0.744. The molecule has 0 spiro atoms. The Bertz CT molecular complexity index is 677. The van der Waals surface area contributed by atoms with E-state index in [1.807, 2.05) is 0 Å². The second-order valence-corrected chi connectivity index (χ2v) is 7.26. The van der Waals surface area contributed by atoms with Crippen LogP contribution in [0, 0.1) is 6.92 Å². The Balaban J connectivity index is 2.11. The summed E-state index contributed by atoms with van der Waals surface area (Å²) < 4.78 is 30.1. The molecular formula is C14H21N3O5S. The van der Waals surface area contributed by atoms with Crippen LogP contribution >= 0.6 is 0 Å². The SMILES string of the molecule is Cc1ccc(NS(C)(=O)=O)cc1NC(=O)N1CCOC[C@H](O)C1. The summed E-state index contributed by atoms with van der Waals surface area (Å²) in [6, 6.07) is 4.52. The van der Waals surface area contributed by atoms with Crippen molar-refractivity contribution in [3.63, 3.8) is 0 Å². The van der Waals surface area contributed by atoms with Gasteiger partial charge in [-0.3, -0.25) is 4.72 Å². The minimum atomic E-state index is -3.39. The maximum absolute atomic E-state index is 12.3. The number of anilines is 2. The molecule has 1 saturated heterocycles. The number of nitrogens with one attached hydrogen (secondary N) is 2. The van der Waals surface area contributed by atoms with Crippen molar-refractivity contribution in [2.75, 3.05) is 42.6 Å². The molecule has 1 aliphatic rings. The molecule has 1 fully saturated rings. The predicted octanol–water partition coefficient (Wildman–Crippen LogP) is 0.592. The van der Waals surface area contributed by atoms with Crippen molar-refractivity contribution in [2.45, 2.75) is 13.0 Å². The van der Waals surface area contributed by atoms with Gasteiger partial charge in [0.05, 0.1) is 37.8 Å². The first-order valence-electron chi connectivity index (χ1n) is 7.15. The molecule has 9 heteroatoms. The number of sulfonamides is 1. The number of rotatable bonds is 3. The fraction of sp³-hybridized carbons (Fsp3) is 0.500. The summed E-state index contributed by atoms with van der Waals surface area (Å²) in [6.45, 7) is 2.94. The fourth-order valence-corrected chi connectivity index (χ4v) is 2.76. The monoisotopic (exact) mass is 343 g/mol. The highest BCUT2D eigenvalue weighted by molar-refractivity contribution is 7.92. The zero-order valence-electron chi connectivity index (χ0n) is 13.1. The first kappa shape index (κ1) is 17.5. The van der Waals surface area contributed by atoms with E-state index in [9.17, 15) is 18.3 Å². The third kappa shape index (κ3) is 5.38. The van der Waals surface area contributed by atoms with E-state index in [0.29, 0.717) is 24.5 Å². The molecule has 0 unspecified atom stereocenters. The van der Waals surface area contributed by atoms with E-state index in [1.165, 1.54) is 4.90 Å². The molecule has 0 bridgehead atoms. The minimum Gasteiger partial charge on any atom is -0.389 e. The van der Waals surface area contributed by atoms with Gasteiger partial charge < -0.3 is 20.1 Å². The molecule has 3 N–H and O–H groups in total. The normalized spacial score (nSPS) is 19.1. The fourth-order valence-electron chi connectivity index (χ4n) is 2.21. The van der Waals surface area contributed by atoms with Gasteiger partial charge in [-0.1, -0.05) is 6.07 Å². The van der Waals surface area contributed by atoms with Crippen molar-refractivity contribution in [3.05, 3.63) is 23.8 Å². The highest BCUT2D eigenvalue weighted by Crippen LogP contribution is 2.21. The van der Waals surface area contributed by atoms with E-state index in [-0.39, 0.29) is 19.2 Å². The molecular weight excluding hydrogens is 322 g/mol. The lowest BCUT2D eigenvalue weighted by Crippen LogP contribution is -2.40. The molecule has 0 aliphatic carbocycles. The molecule has 1 aromatic carbocycles. The number of ether oxygens (including phenoxy) is 1. The largest absolute Gasteiger partial charge is 0.389 e. The predicted molar refractivity (Wildman–Crippen MR) is 87.1 cm³/mol. The average Bonchev–Trinajstić information content (AvgIpc) is 2.65. The minimum absolute atomic E-state index is 0.187. The van der Waals surface area contributed by atoms with Crippen LogP contribution in [0.15, 0.2) is 18.2 Å². The van der Waals surface area contributed by atoms with E-state index in [0.717, 1.165) is 11.8 Å². The zero-order valence-corrected chi connectivity index (χ0v) is 13.9. The molecule has 2 rings (SSSR count). The number of urea groups is 1. The zero-order chi connectivity index (χ0) is 17.0. The lowest BCUT2D eigenvalue weighted by molar-refractivity contribution is 0.0575. The van der Waals surface area contributed by atoms with Crippen LogP contribution in [0.25, 0.3) is 0 Å². The molecule has 1 aliphatic heterocycles. The standard InChI is InChI=1S/C14H21N3O5S/c1-10-3-4-11(16-23(2,20)21)7-13(10)15-14(19)17-5-6-22-9-12(18)8-17/h3-4,7,12,16,18H,5-6,8-9H2,1-2H3,(H,15,19)/t12-/m1/s1. The number of aliphatic hydroxyl groups is 1. The number of aliphatic hydroxyl groups excluding tert-OH is 1. The lowest BCUT2D eigenvalue weighted by atomic mass is 10.2. The van der Waals surface area contributed by atoms with Crippen molar-refractivity contribution in [3.8, 4) is 0 Å². The van der Waals surface area contributed by atoms with Crippen LogP contribution in [0.1, 0.15) is 5.56 Å². The van der Waals surface area contributed by atoms with Crippen molar-refractivity contribution in [2.24, 2.45) is 0 Å². The Hall–Kier alpha value is -1.84. The smallest absolute Gasteiger partial charge is 0.322 e. The number of aryl methyl sites for hydroxylation is 1. The Kier molecular flexibility index (Phi) is 5.45. The summed E-state index contributed by atoms with van der Waals surface area (Å²) in [5.41, 5.74) is 1.67. The highest BCUT2D eigenvalue weighted by atomic mass is 32.2. The van der Waals surface area contributed by atoms with Gasteiger partial charge in [0, 0.05) is 12.2 Å². The van der Waals surface area contributed by atoms with Gasteiger partial charge in [0.1, 0.15) is 0 Å². The Labute approximate surface area is 135 Å². The van der Waals surface area contributed by atoms with Crippen LogP contribution in [0.4, 0.5) is 16.2 Å². The first-order chi connectivity index (χ1) is 10.7. The number of amides is 2. The maximum Gasteiger partial charge on any atom is 0.322 e. The van der Waals surface area contributed by atoms with Gasteiger partial charge in [0.15, 0.2) is 0 Å². The summed E-state index contributed by atoms with van der Waals surface area (Å²) in [5.74, 6) is 0. The lowest BCUT2D eigenvalue weighted by Gasteiger charge is -2.22. The Morgan fingerprint density at radius 1 is 1.43 bits per heavy atom. The van der Waals surface area contributed by atoms with Crippen LogP contribution in [0.5, 0.6) is 0 Å². The topological polar surface area (TPSA) is 108 Å². The summed E-state index contributed by atoms with van der Waals surface area (Å²) in [7, 11) is -3.39. The number of carbonyl (C=O) groups excluding carboxylic acids is 1. The van der Waals surface area contributed by atoms with Crippen molar-refractivity contribution in [1.82, 2.24) is 4.90 Å². The number of hydrogen-bond donors (Lipinski definition) is 3. The number of benzene rings is 1. The number of carbonyl (C=O) groups is 1. The second-order valence-electron chi connectivity index (χ2n) is 5.51. The van der Waals surface area contributed by atoms with Crippen molar-refractivity contribution < 1.29 is 23.1 Å². The third-order valence-corrected chi connectivity index (χ3v) is 3.92. The number of β-amino-alcohol motifs (C(OH)–C–C–N with tert-alkyl or cyclic N) is 1. The van der Waals surface area contributed by atoms with Gasteiger partial charge >= 0.3 is 6.03 Å². The number of nitrogens with zero attached hydrogens (tertiary/aromatic N) is 1. The van der Waals surface area contributed by atoms with Gasteiger partial charge in [-0.15, -0.1) is 0 Å². The van der Waals surface area contributed by atoms with E-state index in [2.05, 4.69) is 10.0 Å². The van der Waals surface area contributed by atoms with Crippen molar-refractivity contribution >= 4 is 27.4 Å². The van der Waals surface area contributed by atoms with Crippen LogP contribution in [-0.4, -0.2) is 63.1 Å². The van der Waals surface area contributed by atoms with Crippen LogP contribution in [0.2, 0.25) is 0 Å². The van der Waals surface area contributed by atoms with Crippen LogP contribution < -0.4 is 10.0 Å². The molecule has 0 aromatic heterocycles. The van der Waals surface area contributed by atoms with Gasteiger partial charge in [-0.2, -0.15) is 0 Å². The Morgan fingerprint density at radius 2 is 2.17 bits per heavy atom. The van der Waals surface area contributed by atoms with Crippen LogP contribution in [0.3, 0.4) is 0 Å². The summed E-state index contributed by atoms with van der Waals surface area (Å²) in [5, 5.41) is 12.4. The third-order valence-electron chi connectivity index (χ3n) is 3.32.